The first-order valence-corrected chi connectivity index (χ1v) is 17.6. The number of aromatic nitrogens is 3. The molecule has 11 aromatic rings. The molecule has 4 nitrogen and oxygen atoms in total. The van der Waals surface area contributed by atoms with Crippen LogP contribution in [0.2, 0.25) is 0 Å². The molecule has 0 N–H and O–H groups in total. The zero-order chi connectivity index (χ0) is 34.2. The molecule has 0 bridgehead atoms. The van der Waals surface area contributed by atoms with Crippen LogP contribution in [0.25, 0.3) is 105 Å². The van der Waals surface area contributed by atoms with E-state index in [0.717, 1.165) is 71.5 Å². The average molecular weight is 664 g/mol. The van der Waals surface area contributed by atoms with Gasteiger partial charge in [0.05, 0.1) is 27.6 Å². The standard InChI is InChI=1S/C48H29N3O/c1-3-13-30(14-4-1)31-23-25-33(26-24-31)46-36-19-9-11-21-40(36)49-48(50-46)51-41-22-12-10-20-37(41)45-42(51)28-27-38-44-35-18-8-7-17-34(35)39(29-43(44)52-47(38)45)32-15-5-2-6-16-32/h1-29H. The van der Waals surface area contributed by atoms with Gasteiger partial charge in [-0.15, -0.1) is 0 Å². The lowest BCUT2D eigenvalue weighted by atomic mass is 9.95. The van der Waals surface area contributed by atoms with Gasteiger partial charge in [0.1, 0.15) is 11.2 Å². The molecule has 8 aromatic carbocycles. The summed E-state index contributed by atoms with van der Waals surface area (Å²) in [6.07, 6.45) is 0. The maximum Gasteiger partial charge on any atom is 0.235 e. The van der Waals surface area contributed by atoms with Crippen molar-refractivity contribution in [2.75, 3.05) is 0 Å². The molecule has 0 unspecified atom stereocenters. The molecular formula is C48H29N3O. The number of nitrogens with zero attached hydrogens (tertiary/aromatic N) is 3. The first kappa shape index (κ1) is 28.8. The molecule has 0 aliphatic rings. The lowest BCUT2D eigenvalue weighted by molar-refractivity contribution is 0.673. The van der Waals surface area contributed by atoms with Crippen molar-refractivity contribution in [2.45, 2.75) is 0 Å². The summed E-state index contributed by atoms with van der Waals surface area (Å²) < 4.78 is 9.14. The van der Waals surface area contributed by atoms with Crippen molar-refractivity contribution < 1.29 is 4.42 Å². The number of rotatable bonds is 4. The van der Waals surface area contributed by atoms with Crippen molar-refractivity contribution in [1.29, 1.82) is 0 Å². The Morgan fingerprint density at radius 2 is 1.02 bits per heavy atom. The molecule has 52 heavy (non-hydrogen) atoms. The number of fused-ring (bicyclic) bond motifs is 10. The van der Waals surface area contributed by atoms with Gasteiger partial charge in [0.2, 0.25) is 5.95 Å². The molecular weight excluding hydrogens is 635 g/mol. The molecule has 3 heterocycles. The largest absolute Gasteiger partial charge is 0.455 e. The highest BCUT2D eigenvalue weighted by atomic mass is 16.3. The van der Waals surface area contributed by atoms with Crippen LogP contribution >= 0.6 is 0 Å². The molecule has 4 heteroatoms. The van der Waals surface area contributed by atoms with Crippen LogP contribution in [-0.2, 0) is 0 Å². The van der Waals surface area contributed by atoms with Crippen molar-refractivity contribution in [1.82, 2.24) is 14.5 Å². The number of furan rings is 1. The molecule has 0 saturated heterocycles. The Morgan fingerprint density at radius 1 is 0.404 bits per heavy atom. The van der Waals surface area contributed by atoms with Gasteiger partial charge in [-0.3, -0.25) is 4.57 Å². The predicted octanol–water partition coefficient (Wildman–Crippen LogP) is 12.8. The van der Waals surface area contributed by atoms with Crippen LogP contribution in [0.1, 0.15) is 0 Å². The normalized spacial score (nSPS) is 11.8. The zero-order valence-corrected chi connectivity index (χ0v) is 28.0. The van der Waals surface area contributed by atoms with Gasteiger partial charge in [-0.25, -0.2) is 9.97 Å². The highest BCUT2D eigenvalue weighted by Gasteiger charge is 2.22. The quantitative estimate of drug-likeness (QED) is 0.188. The Labute approximate surface area is 298 Å². The van der Waals surface area contributed by atoms with Gasteiger partial charge in [0, 0.05) is 27.1 Å². The number of benzene rings is 8. The second kappa shape index (κ2) is 11.2. The van der Waals surface area contributed by atoms with Crippen molar-refractivity contribution >= 4 is 65.4 Å². The van der Waals surface area contributed by atoms with Crippen molar-refractivity contribution in [3.05, 3.63) is 176 Å². The Hall–Kier alpha value is -7.04. The maximum absolute atomic E-state index is 6.95. The number of hydrogen-bond acceptors (Lipinski definition) is 3. The van der Waals surface area contributed by atoms with Gasteiger partial charge in [-0.2, -0.15) is 0 Å². The highest BCUT2D eigenvalue weighted by Crippen LogP contribution is 2.44. The van der Waals surface area contributed by atoms with E-state index < -0.39 is 0 Å². The van der Waals surface area contributed by atoms with Crippen LogP contribution in [0.3, 0.4) is 0 Å². The molecule has 242 valence electrons. The summed E-state index contributed by atoms with van der Waals surface area (Å²) in [5, 5.41) is 7.79. The summed E-state index contributed by atoms with van der Waals surface area (Å²) in [4.78, 5) is 10.5. The third-order valence-electron chi connectivity index (χ3n) is 10.4. The Morgan fingerprint density at radius 3 is 1.81 bits per heavy atom. The first-order valence-electron chi connectivity index (χ1n) is 17.6. The molecule has 11 rings (SSSR count). The Bertz CT molecular complexity index is 3160. The summed E-state index contributed by atoms with van der Waals surface area (Å²) in [7, 11) is 0. The lowest BCUT2D eigenvalue weighted by Gasteiger charge is -2.12. The van der Waals surface area contributed by atoms with E-state index in [-0.39, 0.29) is 0 Å². The molecule has 0 atom stereocenters. The molecule has 0 radical (unpaired) electrons. The van der Waals surface area contributed by atoms with Gasteiger partial charge in [0.25, 0.3) is 0 Å². The van der Waals surface area contributed by atoms with Crippen molar-refractivity contribution in [3.8, 4) is 39.5 Å². The SMILES string of the molecule is c1ccc(-c2ccc(-c3nc(-n4c5ccccc5c5c6oc7cc(-c8ccccc8)c8ccccc8c7c6ccc54)nc4ccccc34)cc2)cc1. The van der Waals surface area contributed by atoms with E-state index in [1.165, 1.54) is 27.5 Å². The molecule has 0 aliphatic heterocycles. The monoisotopic (exact) mass is 663 g/mol. The van der Waals surface area contributed by atoms with Gasteiger partial charge >= 0.3 is 0 Å². The van der Waals surface area contributed by atoms with Crippen LogP contribution in [0.5, 0.6) is 0 Å². The van der Waals surface area contributed by atoms with Crippen LogP contribution < -0.4 is 0 Å². The Balaban J connectivity index is 1.17. The predicted molar refractivity (Wildman–Crippen MR) is 215 cm³/mol. The fraction of sp³-hybridized carbons (Fsp3) is 0. The van der Waals surface area contributed by atoms with E-state index in [4.69, 9.17) is 14.4 Å². The minimum atomic E-state index is 0.624. The lowest BCUT2D eigenvalue weighted by Crippen LogP contribution is -2.03. The van der Waals surface area contributed by atoms with Gasteiger partial charge in [-0.05, 0) is 63.4 Å². The first-order chi connectivity index (χ1) is 25.8. The van der Waals surface area contributed by atoms with Crippen LogP contribution in [0.15, 0.2) is 180 Å². The maximum atomic E-state index is 6.95. The van der Waals surface area contributed by atoms with Crippen molar-refractivity contribution in [3.63, 3.8) is 0 Å². The number of para-hydroxylation sites is 2. The number of hydrogen-bond donors (Lipinski definition) is 0. The second-order valence-corrected chi connectivity index (χ2v) is 13.3. The minimum absolute atomic E-state index is 0.624. The fourth-order valence-electron chi connectivity index (χ4n) is 8.06. The topological polar surface area (TPSA) is 43.9 Å². The van der Waals surface area contributed by atoms with Gasteiger partial charge < -0.3 is 4.42 Å². The molecule has 3 aromatic heterocycles. The third kappa shape index (κ3) is 4.28. The zero-order valence-electron chi connectivity index (χ0n) is 28.0. The molecule has 0 fully saturated rings. The van der Waals surface area contributed by atoms with E-state index in [1.54, 1.807) is 0 Å². The van der Waals surface area contributed by atoms with E-state index in [1.807, 2.05) is 12.1 Å². The summed E-state index contributed by atoms with van der Waals surface area (Å²) in [6.45, 7) is 0. The fourth-order valence-corrected chi connectivity index (χ4v) is 8.06. The van der Waals surface area contributed by atoms with E-state index in [2.05, 4.69) is 168 Å². The van der Waals surface area contributed by atoms with E-state index >= 15 is 0 Å². The molecule has 0 aliphatic carbocycles. The van der Waals surface area contributed by atoms with E-state index in [0.29, 0.717) is 5.95 Å². The van der Waals surface area contributed by atoms with Crippen LogP contribution in [-0.4, -0.2) is 14.5 Å². The second-order valence-electron chi connectivity index (χ2n) is 13.3. The van der Waals surface area contributed by atoms with Crippen LogP contribution in [0, 0.1) is 0 Å². The summed E-state index contributed by atoms with van der Waals surface area (Å²) in [6, 6.07) is 61.8. The van der Waals surface area contributed by atoms with Crippen LogP contribution in [0.4, 0.5) is 0 Å². The summed E-state index contributed by atoms with van der Waals surface area (Å²) in [5.41, 5.74) is 11.3. The van der Waals surface area contributed by atoms with Gasteiger partial charge in [0.15, 0.2) is 0 Å². The highest BCUT2D eigenvalue weighted by molar-refractivity contribution is 6.29. The van der Waals surface area contributed by atoms with Gasteiger partial charge in [-0.1, -0.05) is 146 Å². The average Bonchev–Trinajstić information content (AvgIpc) is 3.77. The summed E-state index contributed by atoms with van der Waals surface area (Å²) in [5.74, 6) is 0.624. The third-order valence-corrected chi connectivity index (χ3v) is 10.4. The smallest absolute Gasteiger partial charge is 0.235 e. The van der Waals surface area contributed by atoms with Crippen molar-refractivity contribution in [2.24, 2.45) is 0 Å². The molecule has 0 saturated carbocycles. The summed E-state index contributed by atoms with van der Waals surface area (Å²) >= 11 is 0. The Kier molecular flexibility index (Phi) is 6.22. The minimum Gasteiger partial charge on any atom is -0.455 e. The van der Waals surface area contributed by atoms with E-state index in [9.17, 15) is 0 Å². The molecule has 0 amide bonds. The molecule has 0 spiro atoms.